The number of rotatable bonds is 9. The van der Waals surface area contributed by atoms with E-state index in [4.69, 9.17) is 9.72 Å². The Morgan fingerprint density at radius 1 is 1.09 bits per heavy atom. The molecule has 0 unspecified atom stereocenters. The van der Waals surface area contributed by atoms with E-state index in [1.54, 1.807) is 18.3 Å². The summed E-state index contributed by atoms with van der Waals surface area (Å²) in [5.74, 6) is 1.32. The van der Waals surface area contributed by atoms with Gasteiger partial charge in [-0.3, -0.25) is 4.79 Å². The third-order valence-electron chi connectivity index (χ3n) is 5.09. The third-order valence-corrected chi connectivity index (χ3v) is 5.09. The molecule has 0 saturated carbocycles. The zero-order valence-corrected chi connectivity index (χ0v) is 17.9. The number of carbonyl (C=O) groups is 1. The van der Waals surface area contributed by atoms with E-state index in [0.29, 0.717) is 32.4 Å². The van der Waals surface area contributed by atoms with Crippen molar-refractivity contribution in [2.75, 3.05) is 11.9 Å². The molecule has 0 saturated heterocycles. The fourth-order valence-corrected chi connectivity index (χ4v) is 3.57. The number of aromatic nitrogens is 3. The Labute approximate surface area is 186 Å². The number of amides is 1. The molecular weight excluding hydrogens is 407 g/mol. The molecule has 2 heterocycles. The van der Waals surface area contributed by atoms with E-state index in [9.17, 15) is 9.18 Å². The lowest BCUT2D eigenvalue weighted by atomic mass is 10.2. The fourth-order valence-electron chi connectivity index (χ4n) is 3.57. The SMILES string of the molecule is CCOc1ccc(NC(=O)CCCc2nc3cccnc3n2Cc2ccc(F)cc2)cc1. The molecule has 2 aromatic heterocycles. The summed E-state index contributed by atoms with van der Waals surface area (Å²) in [7, 11) is 0. The van der Waals surface area contributed by atoms with Crippen molar-refractivity contribution in [3.05, 3.63) is 84.1 Å². The van der Waals surface area contributed by atoms with Gasteiger partial charge in [0.2, 0.25) is 5.91 Å². The average molecular weight is 432 g/mol. The summed E-state index contributed by atoms with van der Waals surface area (Å²) >= 11 is 0. The maximum atomic E-state index is 13.3. The van der Waals surface area contributed by atoms with Gasteiger partial charge in [0.05, 0.1) is 13.2 Å². The molecule has 2 aromatic carbocycles. The van der Waals surface area contributed by atoms with E-state index in [-0.39, 0.29) is 11.7 Å². The Balaban J connectivity index is 1.40. The van der Waals surface area contributed by atoms with Crippen molar-refractivity contribution in [2.45, 2.75) is 32.7 Å². The summed E-state index contributed by atoms with van der Waals surface area (Å²) in [6.07, 6.45) is 3.39. The number of nitrogens with zero attached hydrogens (tertiary/aromatic N) is 3. The summed E-state index contributed by atoms with van der Waals surface area (Å²) in [4.78, 5) is 21.6. The topological polar surface area (TPSA) is 69.0 Å². The van der Waals surface area contributed by atoms with Crippen LogP contribution in [0.15, 0.2) is 66.9 Å². The summed E-state index contributed by atoms with van der Waals surface area (Å²) < 4.78 is 20.7. The van der Waals surface area contributed by atoms with E-state index in [0.717, 1.165) is 34.0 Å². The normalized spacial score (nSPS) is 10.9. The van der Waals surface area contributed by atoms with Gasteiger partial charge >= 0.3 is 0 Å². The number of hydrogen-bond acceptors (Lipinski definition) is 4. The largest absolute Gasteiger partial charge is 0.494 e. The Bertz CT molecular complexity index is 1190. The van der Waals surface area contributed by atoms with Crippen LogP contribution in [-0.2, 0) is 17.8 Å². The minimum absolute atomic E-state index is 0.0477. The number of fused-ring (bicyclic) bond motifs is 1. The van der Waals surface area contributed by atoms with Gasteiger partial charge in [0, 0.05) is 24.7 Å². The van der Waals surface area contributed by atoms with Crippen LogP contribution in [0.5, 0.6) is 5.75 Å². The fraction of sp³-hybridized carbons (Fsp3) is 0.240. The van der Waals surface area contributed by atoms with Crippen LogP contribution in [0.1, 0.15) is 31.2 Å². The number of carbonyl (C=O) groups excluding carboxylic acids is 1. The molecule has 0 aliphatic heterocycles. The quantitative estimate of drug-likeness (QED) is 0.405. The highest BCUT2D eigenvalue weighted by atomic mass is 19.1. The van der Waals surface area contributed by atoms with Gasteiger partial charge in [0.1, 0.15) is 22.9 Å². The highest BCUT2D eigenvalue weighted by molar-refractivity contribution is 5.90. The Morgan fingerprint density at radius 3 is 2.62 bits per heavy atom. The molecule has 32 heavy (non-hydrogen) atoms. The van der Waals surface area contributed by atoms with Crippen molar-refractivity contribution in [2.24, 2.45) is 0 Å². The van der Waals surface area contributed by atoms with Crippen molar-refractivity contribution < 1.29 is 13.9 Å². The number of imidazole rings is 1. The highest BCUT2D eigenvalue weighted by Crippen LogP contribution is 2.19. The Hall–Kier alpha value is -3.74. The molecule has 0 spiro atoms. The molecule has 1 N–H and O–H groups in total. The van der Waals surface area contributed by atoms with Crippen molar-refractivity contribution in [3.8, 4) is 5.75 Å². The highest BCUT2D eigenvalue weighted by Gasteiger charge is 2.13. The van der Waals surface area contributed by atoms with Crippen LogP contribution < -0.4 is 10.1 Å². The van der Waals surface area contributed by atoms with Crippen LogP contribution in [0.2, 0.25) is 0 Å². The predicted octanol–water partition coefficient (Wildman–Crippen LogP) is 4.98. The van der Waals surface area contributed by atoms with E-state index in [1.807, 2.05) is 47.9 Å². The van der Waals surface area contributed by atoms with Crippen molar-refractivity contribution >= 4 is 22.8 Å². The van der Waals surface area contributed by atoms with Crippen LogP contribution in [-0.4, -0.2) is 27.0 Å². The molecule has 164 valence electrons. The van der Waals surface area contributed by atoms with Crippen molar-refractivity contribution in [1.82, 2.24) is 14.5 Å². The van der Waals surface area contributed by atoms with Crippen LogP contribution in [0, 0.1) is 5.82 Å². The molecule has 0 fully saturated rings. The molecule has 0 radical (unpaired) electrons. The second-order valence-electron chi connectivity index (χ2n) is 7.45. The van der Waals surface area contributed by atoms with Crippen LogP contribution >= 0.6 is 0 Å². The van der Waals surface area contributed by atoms with Gasteiger partial charge in [0.15, 0.2) is 5.65 Å². The van der Waals surface area contributed by atoms with Gasteiger partial charge in [-0.15, -0.1) is 0 Å². The maximum Gasteiger partial charge on any atom is 0.224 e. The Morgan fingerprint density at radius 2 is 1.88 bits per heavy atom. The number of aryl methyl sites for hydroxylation is 1. The zero-order valence-electron chi connectivity index (χ0n) is 17.9. The minimum Gasteiger partial charge on any atom is -0.494 e. The standard InChI is InChI=1S/C25H25FN4O2/c1-2-32-21-14-12-20(13-15-21)28-24(31)7-3-6-23-29-22-5-4-16-27-25(22)30(23)17-18-8-10-19(26)11-9-18/h4-5,8-16H,2-3,6-7,17H2,1H3,(H,28,31). The molecule has 4 rings (SSSR count). The molecule has 6 nitrogen and oxygen atoms in total. The van der Waals surface area contributed by atoms with Crippen LogP contribution in [0.25, 0.3) is 11.2 Å². The van der Waals surface area contributed by atoms with Gasteiger partial charge in [-0.05, 0) is 67.4 Å². The van der Waals surface area contributed by atoms with Crippen LogP contribution in [0.3, 0.4) is 0 Å². The predicted molar refractivity (Wildman–Crippen MR) is 122 cm³/mol. The van der Waals surface area contributed by atoms with Crippen LogP contribution in [0.4, 0.5) is 10.1 Å². The molecule has 0 atom stereocenters. The summed E-state index contributed by atoms with van der Waals surface area (Å²) in [6, 6.07) is 17.5. The van der Waals surface area contributed by atoms with E-state index < -0.39 is 0 Å². The lowest BCUT2D eigenvalue weighted by Gasteiger charge is -2.10. The first-order valence-corrected chi connectivity index (χ1v) is 10.7. The molecule has 0 aliphatic carbocycles. The molecule has 0 bridgehead atoms. The summed E-state index contributed by atoms with van der Waals surface area (Å²) in [6.45, 7) is 3.08. The average Bonchev–Trinajstić information content (AvgIpc) is 3.14. The minimum atomic E-state index is -0.263. The van der Waals surface area contributed by atoms with E-state index in [1.165, 1.54) is 12.1 Å². The molecule has 4 aromatic rings. The monoisotopic (exact) mass is 432 g/mol. The van der Waals surface area contributed by atoms with Gasteiger partial charge in [-0.25, -0.2) is 14.4 Å². The summed E-state index contributed by atoms with van der Waals surface area (Å²) in [5, 5.41) is 2.91. The van der Waals surface area contributed by atoms with Crippen molar-refractivity contribution in [3.63, 3.8) is 0 Å². The van der Waals surface area contributed by atoms with Crippen molar-refractivity contribution in [1.29, 1.82) is 0 Å². The molecular formula is C25H25FN4O2. The zero-order chi connectivity index (χ0) is 22.3. The number of pyridine rings is 1. The second-order valence-corrected chi connectivity index (χ2v) is 7.45. The van der Waals surface area contributed by atoms with Gasteiger partial charge in [0.25, 0.3) is 0 Å². The maximum absolute atomic E-state index is 13.3. The van der Waals surface area contributed by atoms with Gasteiger partial charge in [-0.2, -0.15) is 0 Å². The number of nitrogens with one attached hydrogen (secondary N) is 1. The number of halogens is 1. The summed E-state index contributed by atoms with van der Waals surface area (Å²) in [5.41, 5.74) is 3.30. The molecule has 7 heteroatoms. The smallest absolute Gasteiger partial charge is 0.224 e. The number of ether oxygens (including phenoxy) is 1. The first kappa shape index (κ1) is 21.5. The second kappa shape index (κ2) is 10.0. The lowest BCUT2D eigenvalue weighted by molar-refractivity contribution is -0.116. The number of anilines is 1. The van der Waals surface area contributed by atoms with E-state index in [2.05, 4.69) is 10.3 Å². The number of hydrogen-bond donors (Lipinski definition) is 1. The molecule has 0 aliphatic rings. The Kier molecular flexibility index (Phi) is 6.75. The first-order chi connectivity index (χ1) is 15.6. The van der Waals surface area contributed by atoms with Gasteiger partial charge < -0.3 is 14.6 Å². The number of benzene rings is 2. The van der Waals surface area contributed by atoms with Gasteiger partial charge in [-0.1, -0.05) is 12.1 Å². The van der Waals surface area contributed by atoms with E-state index >= 15 is 0 Å². The third kappa shape index (κ3) is 5.29. The first-order valence-electron chi connectivity index (χ1n) is 10.7. The lowest BCUT2D eigenvalue weighted by Crippen LogP contribution is -2.12. The molecule has 1 amide bonds.